The van der Waals surface area contributed by atoms with Crippen molar-refractivity contribution >= 4 is 17.3 Å². The lowest BCUT2D eigenvalue weighted by molar-refractivity contribution is -0.142. The molecule has 2 aromatic rings. The first-order chi connectivity index (χ1) is 9.79. The molecule has 0 amide bonds. The Bertz CT molecular complexity index is 540. The Morgan fingerprint density at radius 3 is 2.90 bits per heavy atom. The summed E-state index contributed by atoms with van der Waals surface area (Å²) in [5.74, 6) is -0.158. The number of benzene rings is 1. The van der Waals surface area contributed by atoms with Crippen LogP contribution in [-0.2, 0) is 16.1 Å². The largest absolute Gasteiger partial charge is 0.466 e. The summed E-state index contributed by atoms with van der Waals surface area (Å²) in [5, 5.41) is 4.25. The molecule has 5 heteroatoms. The number of carbonyl (C=O) groups excluding carboxylic acids is 1. The van der Waals surface area contributed by atoms with Crippen molar-refractivity contribution in [2.24, 2.45) is 0 Å². The molecule has 2 rings (SSSR count). The number of hydrogen-bond donors (Lipinski definition) is 1. The third kappa shape index (κ3) is 4.43. The second-order valence-corrected chi connectivity index (χ2v) is 5.34. The maximum Gasteiger partial charge on any atom is 0.307 e. The zero-order valence-electron chi connectivity index (χ0n) is 11.5. The number of carbonyl (C=O) groups is 1. The van der Waals surface area contributed by atoms with Crippen LogP contribution in [0.25, 0.3) is 10.6 Å². The fourth-order valence-corrected chi connectivity index (χ4v) is 2.63. The minimum atomic E-state index is -0.158. The summed E-state index contributed by atoms with van der Waals surface area (Å²) in [7, 11) is 0. The topological polar surface area (TPSA) is 51.2 Å². The first-order valence-corrected chi connectivity index (χ1v) is 7.47. The number of hydrogen-bond acceptors (Lipinski definition) is 5. The minimum absolute atomic E-state index is 0.158. The van der Waals surface area contributed by atoms with Crippen molar-refractivity contribution in [1.82, 2.24) is 10.3 Å². The summed E-state index contributed by atoms with van der Waals surface area (Å²) >= 11 is 1.67. The molecular weight excluding hydrogens is 272 g/mol. The number of nitrogens with one attached hydrogen (secondary N) is 1. The molecular formula is C15H18N2O2S. The Labute approximate surface area is 122 Å². The predicted octanol–water partition coefficient (Wildman–Crippen LogP) is 2.85. The van der Waals surface area contributed by atoms with Crippen molar-refractivity contribution in [2.75, 3.05) is 13.2 Å². The molecule has 0 radical (unpaired) electrons. The molecule has 0 spiro atoms. The van der Waals surface area contributed by atoms with Gasteiger partial charge < -0.3 is 10.1 Å². The fraction of sp³-hybridized carbons (Fsp3) is 0.333. The van der Waals surface area contributed by atoms with Crippen LogP contribution in [0.3, 0.4) is 0 Å². The lowest BCUT2D eigenvalue weighted by Gasteiger charge is -2.02. The van der Waals surface area contributed by atoms with E-state index in [2.05, 4.69) is 22.4 Å². The molecule has 0 saturated carbocycles. The lowest BCUT2D eigenvalue weighted by Crippen LogP contribution is -2.18. The molecule has 0 unspecified atom stereocenters. The van der Waals surface area contributed by atoms with Gasteiger partial charge in [0.05, 0.1) is 13.0 Å². The van der Waals surface area contributed by atoms with Gasteiger partial charge in [-0.05, 0) is 6.92 Å². The SMILES string of the molecule is CCOC(=O)CCNCc1cnc(-c2ccccc2)s1. The molecule has 1 heterocycles. The van der Waals surface area contributed by atoms with Gasteiger partial charge in [0.2, 0.25) is 0 Å². The minimum Gasteiger partial charge on any atom is -0.466 e. The van der Waals surface area contributed by atoms with E-state index in [-0.39, 0.29) is 5.97 Å². The third-order valence-corrected chi connectivity index (χ3v) is 3.73. The van der Waals surface area contributed by atoms with Gasteiger partial charge in [0, 0.05) is 29.7 Å². The number of rotatable bonds is 7. The van der Waals surface area contributed by atoms with E-state index in [0.717, 1.165) is 22.0 Å². The van der Waals surface area contributed by atoms with Gasteiger partial charge in [-0.3, -0.25) is 4.79 Å². The molecule has 0 aliphatic rings. The van der Waals surface area contributed by atoms with E-state index >= 15 is 0 Å². The Morgan fingerprint density at radius 1 is 1.35 bits per heavy atom. The van der Waals surface area contributed by atoms with Crippen LogP contribution in [0, 0.1) is 0 Å². The molecule has 0 saturated heterocycles. The number of thiazole rings is 1. The molecule has 4 nitrogen and oxygen atoms in total. The Morgan fingerprint density at radius 2 is 2.15 bits per heavy atom. The maximum absolute atomic E-state index is 11.2. The molecule has 106 valence electrons. The van der Waals surface area contributed by atoms with Crippen molar-refractivity contribution in [3.05, 3.63) is 41.4 Å². The zero-order chi connectivity index (χ0) is 14.2. The predicted molar refractivity (Wildman–Crippen MR) is 80.5 cm³/mol. The second kappa shape index (κ2) is 7.77. The van der Waals surface area contributed by atoms with Crippen molar-refractivity contribution in [3.63, 3.8) is 0 Å². The monoisotopic (exact) mass is 290 g/mol. The van der Waals surface area contributed by atoms with Crippen molar-refractivity contribution in [2.45, 2.75) is 19.9 Å². The van der Waals surface area contributed by atoms with Gasteiger partial charge in [0.1, 0.15) is 5.01 Å². The number of esters is 1. The summed E-state index contributed by atoms with van der Waals surface area (Å²) in [6.07, 6.45) is 2.28. The van der Waals surface area contributed by atoms with Crippen LogP contribution < -0.4 is 5.32 Å². The van der Waals surface area contributed by atoms with Crippen LogP contribution in [-0.4, -0.2) is 24.1 Å². The summed E-state index contributed by atoms with van der Waals surface area (Å²) in [4.78, 5) is 16.7. The van der Waals surface area contributed by atoms with E-state index < -0.39 is 0 Å². The number of ether oxygens (including phenoxy) is 1. The maximum atomic E-state index is 11.2. The summed E-state index contributed by atoms with van der Waals surface area (Å²) in [5.41, 5.74) is 1.13. The number of nitrogens with zero attached hydrogens (tertiary/aromatic N) is 1. The Balaban J connectivity index is 1.78. The highest BCUT2D eigenvalue weighted by molar-refractivity contribution is 7.15. The summed E-state index contributed by atoms with van der Waals surface area (Å²) < 4.78 is 4.87. The molecule has 20 heavy (non-hydrogen) atoms. The molecule has 1 N–H and O–H groups in total. The van der Waals surface area contributed by atoms with Gasteiger partial charge in [0.25, 0.3) is 0 Å². The molecule has 0 fully saturated rings. The first-order valence-electron chi connectivity index (χ1n) is 6.66. The highest BCUT2D eigenvalue weighted by Gasteiger charge is 2.05. The zero-order valence-corrected chi connectivity index (χ0v) is 12.3. The van der Waals surface area contributed by atoms with Crippen molar-refractivity contribution < 1.29 is 9.53 Å². The van der Waals surface area contributed by atoms with Crippen LogP contribution >= 0.6 is 11.3 Å². The van der Waals surface area contributed by atoms with Crippen LogP contribution in [0.5, 0.6) is 0 Å². The second-order valence-electron chi connectivity index (χ2n) is 4.23. The van der Waals surface area contributed by atoms with E-state index in [1.165, 1.54) is 0 Å². The fourth-order valence-electron chi connectivity index (χ4n) is 1.74. The van der Waals surface area contributed by atoms with E-state index in [1.807, 2.05) is 31.3 Å². The van der Waals surface area contributed by atoms with Crippen LogP contribution in [0.15, 0.2) is 36.5 Å². The van der Waals surface area contributed by atoms with Crippen LogP contribution in [0.2, 0.25) is 0 Å². The first kappa shape index (κ1) is 14.7. The molecule has 0 atom stereocenters. The van der Waals surface area contributed by atoms with Crippen LogP contribution in [0.4, 0.5) is 0 Å². The van der Waals surface area contributed by atoms with Crippen molar-refractivity contribution in [3.8, 4) is 10.6 Å². The molecule has 0 bridgehead atoms. The van der Waals surface area contributed by atoms with Gasteiger partial charge in [-0.15, -0.1) is 11.3 Å². The normalized spacial score (nSPS) is 10.4. The molecule has 1 aromatic heterocycles. The van der Waals surface area contributed by atoms with Gasteiger partial charge in [0.15, 0.2) is 0 Å². The average molecular weight is 290 g/mol. The average Bonchev–Trinajstić information content (AvgIpc) is 2.94. The highest BCUT2D eigenvalue weighted by Crippen LogP contribution is 2.24. The molecule has 1 aromatic carbocycles. The highest BCUT2D eigenvalue weighted by atomic mass is 32.1. The van der Waals surface area contributed by atoms with E-state index in [0.29, 0.717) is 19.6 Å². The molecule has 0 aliphatic carbocycles. The van der Waals surface area contributed by atoms with Gasteiger partial charge in [-0.25, -0.2) is 4.98 Å². The lowest BCUT2D eigenvalue weighted by atomic mass is 10.2. The number of aromatic nitrogens is 1. The molecule has 0 aliphatic heterocycles. The van der Waals surface area contributed by atoms with Gasteiger partial charge in [-0.1, -0.05) is 30.3 Å². The van der Waals surface area contributed by atoms with Crippen LogP contribution in [0.1, 0.15) is 18.2 Å². The Kier molecular flexibility index (Phi) is 5.70. The quantitative estimate of drug-likeness (QED) is 0.629. The smallest absolute Gasteiger partial charge is 0.307 e. The van der Waals surface area contributed by atoms with E-state index in [9.17, 15) is 4.79 Å². The van der Waals surface area contributed by atoms with Crippen molar-refractivity contribution in [1.29, 1.82) is 0 Å². The summed E-state index contributed by atoms with van der Waals surface area (Å²) in [6, 6.07) is 10.1. The van der Waals surface area contributed by atoms with Gasteiger partial charge in [-0.2, -0.15) is 0 Å². The standard InChI is InChI=1S/C15H18N2O2S/c1-2-19-14(18)8-9-16-10-13-11-17-15(20-13)12-6-4-3-5-7-12/h3-7,11,16H,2,8-10H2,1H3. The van der Waals surface area contributed by atoms with Gasteiger partial charge >= 0.3 is 5.97 Å². The van der Waals surface area contributed by atoms with E-state index in [4.69, 9.17) is 4.74 Å². The summed E-state index contributed by atoms with van der Waals surface area (Å²) in [6.45, 7) is 3.60. The van der Waals surface area contributed by atoms with E-state index in [1.54, 1.807) is 11.3 Å². The third-order valence-electron chi connectivity index (χ3n) is 2.68. The Hall–Kier alpha value is -1.72.